The number of Topliss-reactive ketones (excluding diaryl/α,β-unsaturated/α-hetero) is 1. The number of halogens is 1. The highest BCUT2D eigenvalue weighted by atomic mass is 32.2. The molecule has 2 rings (SSSR count). The first kappa shape index (κ1) is 17.1. The van der Waals surface area contributed by atoms with Crippen LogP contribution in [0.1, 0.15) is 35.7 Å². The standard InChI is InChI=1S/C17H18FNO3S/c1-3-4-16(20)13-6-9-15(10-7-13)19-23(21,22)17-11-14(18)8-5-12(17)2/h5-11,19H,3-4H2,1-2H3. The van der Waals surface area contributed by atoms with Gasteiger partial charge in [-0.3, -0.25) is 9.52 Å². The molecule has 2 aromatic rings. The molecule has 2 aromatic carbocycles. The molecule has 23 heavy (non-hydrogen) atoms. The van der Waals surface area contributed by atoms with E-state index in [1.807, 2.05) is 6.92 Å². The minimum absolute atomic E-state index is 0.0166. The van der Waals surface area contributed by atoms with E-state index in [-0.39, 0.29) is 10.7 Å². The molecule has 0 radical (unpaired) electrons. The van der Waals surface area contributed by atoms with Crippen molar-refractivity contribution in [1.82, 2.24) is 0 Å². The Morgan fingerprint density at radius 3 is 2.39 bits per heavy atom. The molecule has 0 amide bonds. The third kappa shape index (κ3) is 4.16. The lowest BCUT2D eigenvalue weighted by Gasteiger charge is -2.11. The maximum atomic E-state index is 13.3. The maximum Gasteiger partial charge on any atom is 0.262 e. The summed E-state index contributed by atoms with van der Waals surface area (Å²) in [6.45, 7) is 3.52. The summed E-state index contributed by atoms with van der Waals surface area (Å²) in [5.74, 6) is -0.598. The molecule has 0 aliphatic carbocycles. The van der Waals surface area contributed by atoms with Gasteiger partial charge in [-0.25, -0.2) is 12.8 Å². The van der Waals surface area contributed by atoms with Crippen molar-refractivity contribution in [2.24, 2.45) is 0 Å². The molecule has 0 aromatic heterocycles. The number of carbonyl (C=O) groups excluding carboxylic acids is 1. The zero-order chi connectivity index (χ0) is 17.0. The molecule has 0 atom stereocenters. The fourth-order valence-electron chi connectivity index (χ4n) is 2.17. The molecular weight excluding hydrogens is 317 g/mol. The zero-order valence-electron chi connectivity index (χ0n) is 13.0. The Hall–Kier alpha value is -2.21. The van der Waals surface area contributed by atoms with Crippen LogP contribution in [0, 0.1) is 12.7 Å². The topological polar surface area (TPSA) is 63.2 Å². The monoisotopic (exact) mass is 335 g/mol. The van der Waals surface area contributed by atoms with Gasteiger partial charge in [-0.2, -0.15) is 0 Å². The van der Waals surface area contributed by atoms with Gasteiger partial charge < -0.3 is 0 Å². The normalized spacial score (nSPS) is 11.3. The molecule has 0 saturated heterocycles. The fourth-order valence-corrected chi connectivity index (χ4v) is 3.49. The average molecular weight is 335 g/mol. The Balaban J connectivity index is 2.24. The summed E-state index contributed by atoms with van der Waals surface area (Å²) in [6, 6.07) is 9.81. The highest BCUT2D eigenvalue weighted by molar-refractivity contribution is 7.92. The molecule has 0 unspecified atom stereocenters. The Kier molecular flexibility index (Phi) is 5.15. The van der Waals surface area contributed by atoms with Crippen molar-refractivity contribution < 1.29 is 17.6 Å². The van der Waals surface area contributed by atoms with Gasteiger partial charge in [0.15, 0.2) is 5.78 Å². The number of sulfonamides is 1. The third-order valence-electron chi connectivity index (χ3n) is 3.38. The predicted molar refractivity (Wildman–Crippen MR) is 87.6 cm³/mol. The molecule has 1 N–H and O–H groups in total. The second-order valence-electron chi connectivity index (χ2n) is 5.27. The van der Waals surface area contributed by atoms with Crippen molar-refractivity contribution in [2.75, 3.05) is 4.72 Å². The second-order valence-corrected chi connectivity index (χ2v) is 6.92. The lowest BCUT2D eigenvalue weighted by molar-refractivity contribution is 0.0982. The molecule has 0 bridgehead atoms. The van der Waals surface area contributed by atoms with Gasteiger partial charge in [0.2, 0.25) is 0 Å². The lowest BCUT2D eigenvalue weighted by Crippen LogP contribution is -2.14. The number of hydrogen-bond acceptors (Lipinski definition) is 3. The van der Waals surface area contributed by atoms with E-state index in [1.54, 1.807) is 19.1 Å². The van der Waals surface area contributed by atoms with Crippen LogP contribution in [-0.2, 0) is 10.0 Å². The van der Waals surface area contributed by atoms with Crippen molar-refractivity contribution in [3.05, 3.63) is 59.4 Å². The highest BCUT2D eigenvalue weighted by Gasteiger charge is 2.18. The van der Waals surface area contributed by atoms with E-state index < -0.39 is 15.8 Å². The molecule has 0 heterocycles. The number of anilines is 1. The van der Waals surface area contributed by atoms with Gasteiger partial charge in [-0.05, 0) is 55.3 Å². The summed E-state index contributed by atoms with van der Waals surface area (Å²) in [5.41, 5.74) is 1.31. The van der Waals surface area contributed by atoms with E-state index >= 15 is 0 Å². The van der Waals surface area contributed by atoms with Crippen LogP contribution in [-0.4, -0.2) is 14.2 Å². The van der Waals surface area contributed by atoms with Crippen molar-refractivity contribution >= 4 is 21.5 Å². The summed E-state index contributed by atoms with van der Waals surface area (Å²) in [4.78, 5) is 11.7. The molecule has 0 aliphatic rings. The van der Waals surface area contributed by atoms with E-state index in [0.29, 0.717) is 23.2 Å². The van der Waals surface area contributed by atoms with Gasteiger partial charge in [-0.15, -0.1) is 0 Å². The number of rotatable bonds is 6. The number of benzene rings is 2. The van der Waals surface area contributed by atoms with Crippen molar-refractivity contribution in [3.8, 4) is 0 Å². The Morgan fingerprint density at radius 1 is 1.13 bits per heavy atom. The van der Waals surface area contributed by atoms with Gasteiger partial charge in [0.05, 0.1) is 4.90 Å². The number of carbonyl (C=O) groups is 1. The summed E-state index contributed by atoms with van der Waals surface area (Å²) in [7, 11) is -3.88. The fraction of sp³-hybridized carbons (Fsp3) is 0.235. The van der Waals surface area contributed by atoms with Gasteiger partial charge in [-0.1, -0.05) is 13.0 Å². The van der Waals surface area contributed by atoms with Crippen LogP contribution in [0.3, 0.4) is 0 Å². The average Bonchev–Trinajstić information content (AvgIpc) is 2.50. The van der Waals surface area contributed by atoms with Crippen LogP contribution >= 0.6 is 0 Å². The minimum atomic E-state index is -3.88. The minimum Gasteiger partial charge on any atom is -0.294 e. The first-order valence-corrected chi connectivity index (χ1v) is 8.74. The van der Waals surface area contributed by atoms with Crippen LogP contribution in [0.25, 0.3) is 0 Å². The lowest BCUT2D eigenvalue weighted by atomic mass is 10.1. The van der Waals surface area contributed by atoms with Gasteiger partial charge in [0.1, 0.15) is 5.82 Å². The molecule has 0 saturated carbocycles. The Bertz CT molecular complexity index is 814. The van der Waals surface area contributed by atoms with Crippen LogP contribution in [0.15, 0.2) is 47.4 Å². The van der Waals surface area contributed by atoms with E-state index in [9.17, 15) is 17.6 Å². The van der Waals surface area contributed by atoms with E-state index in [0.717, 1.165) is 12.5 Å². The molecular formula is C17H18FNO3S. The molecule has 0 fully saturated rings. The number of ketones is 1. The van der Waals surface area contributed by atoms with Crippen LogP contribution in [0.5, 0.6) is 0 Å². The van der Waals surface area contributed by atoms with Gasteiger partial charge in [0.25, 0.3) is 10.0 Å². The summed E-state index contributed by atoms with van der Waals surface area (Å²) in [5, 5.41) is 0. The smallest absolute Gasteiger partial charge is 0.262 e. The first-order valence-electron chi connectivity index (χ1n) is 7.25. The first-order chi connectivity index (χ1) is 10.8. The summed E-state index contributed by atoms with van der Waals surface area (Å²) in [6.07, 6.45) is 1.21. The van der Waals surface area contributed by atoms with Crippen LogP contribution in [0.2, 0.25) is 0 Å². The van der Waals surface area contributed by atoms with Crippen molar-refractivity contribution in [3.63, 3.8) is 0 Å². The largest absolute Gasteiger partial charge is 0.294 e. The van der Waals surface area contributed by atoms with E-state index in [1.165, 1.54) is 24.3 Å². The van der Waals surface area contributed by atoms with Crippen LogP contribution < -0.4 is 4.72 Å². The predicted octanol–water partition coefficient (Wildman–Crippen LogP) is 3.92. The van der Waals surface area contributed by atoms with E-state index in [2.05, 4.69) is 4.72 Å². The summed E-state index contributed by atoms with van der Waals surface area (Å²) < 4.78 is 40.4. The summed E-state index contributed by atoms with van der Waals surface area (Å²) >= 11 is 0. The molecule has 0 spiro atoms. The number of nitrogens with one attached hydrogen (secondary N) is 1. The Labute approximate surface area is 135 Å². The number of aryl methyl sites for hydroxylation is 1. The quantitative estimate of drug-likeness (QED) is 0.814. The van der Waals surface area contributed by atoms with Crippen LogP contribution in [0.4, 0.5) is 10.1 Å². The molecule has 6 heteroatoms. The molecule has 4 nitrogen and oxygen atoms in total. The van der Waals surface area contributed by atoms with Crippen molar-refractivity contribution in [1.29, 1.82) is 0 Å². The Morgan fingerprint density at radius 2 is 1.78 bits per heavy atom. The van der Waals surface area contributed by atoms with Crippen molar-refractivity contribution in [2.45, 2.75) is 31.6 Å². The highest BCUT2D eigenvalue weighted by Crippen LogP contribution is 2.21. The second kappa shape index (κ2) is 6.91. The molecule has 122 valence electrons. The van der Waals surface area contributed by atoms with Gasteiger partial charge in [0, 0.05) is 17.7 Å². The molecule has 0 aliphatic heterocycles. The maximum absolute atomic E-state index is 13.3. The zero-order valence-corrected chi connectivity index (χ0v) is 13.8. The third-order valence-corrected chi connectivity index (χ3v) is 4.90. The SMILES string of the molecule is CCCC(=O)c1ccc(NS(=O)(=O)c2cc(F)ccc2C)cc1. The van der Waals surface area contributed by atoms with E-state index in [4.69, 9.17) is 0 Å². The number of hydrogen-bond donors (Lipinski definition) is 1. The van der Waals surface area contributed by atoms with Gasteiger partial charge >= 0.3 is 0 Å².